The monoisotopic (exact) mass is 314 g/mol. The summed E-state index contributed by atoms with van der Waals surface area (Å²) in [6.07, 6.45) is 15.4. The minimum absolute atomic E-state index is 0.380. The van der Waals surface area contributed by atoms with E-state index in [-0.39, 0.29) is 0 Å². The highest BCUT2D eigenvalue weighted by Gasteiger charge is 2.37. The highest BCUT2D eigenvalue weighted by atomic mass is 31.1. The Morgan fingerprint density at radius 1 is 0.550 bits per heavy atom. The lowest BCUT2D eigenvalue weighted by molar-refractivity contribution is 0.696. The Labute approximate surface area is 130 Å². The van der Waals surface area contributed by atoms with E-state index in [9.17, 15) is 0 Å². The van der Waals surface area contributed by atoms with E-state index < -0.39 is 0 Å². The third-order valence-corrected chi connectivity index (χ3v) is 14.1. The summed E-state index contributed by atoms with van der Waals surface area (Å²) in [5.74, 6) is 0. The van der Waals surface area contributed by atoms with Crippen LogP contribution in [0.5, 0.6) is 0 Å². The van der Waals surface area contributed by atoms with Gasteiger partial charge in [-0.25, -0.2) is 0 Å². The van der Waals surface area contributed by atoms with E-state index in [2.05, 4.69) is 27.7 Å². The Morgan fingerprint density at radius 3 is 1.00 bits per heavy atom. The Morgan fingerprint density at radius 2 is 0.800 bits per heavy atom. The van der Waals surface area contributed by atoms with Gasteiger partial charge >= 0.3 is 0 Å². The highest BCUT2D eigenvalue weighted by molar-refractivity contribution is 7.63. The first-order chi connectivity index (χ1) is 9.74. The molecule has 0 N–H and O–H groups in total. The fourth-order valence-electron chi connectivity index (χ4n) is 4.74. The highest BCUT2D eigenvalue weighted by Crippen LogP contribution is 2.63. The summed E-state index contributed by atoms with van der Waals surface area (Å²) in [7, 11) is 0.759. The molecule has 0 amide bonds. The Kier molecular flexibility index (Phi) is 7.30. The lowest BCUT2D eigenvalue weighted by Crippen LogP contribution is -2.12. The van der Waals surface area contributed by atoms with Crippen LogP contribution in [0, 0.1) is 0 Å². The standard InChI is InChI=1S/C18H36P2/c1-5-15-9-10-16(6-2)19(15)13-14-20-17(7-3)11-12-18(20)8-4/h15-18H,5-14H2,1-4H3/t15-,16-,17-,18-/m1/s1. The second-order valence-corrected chi connectivity index (χ2v) is 12.8. The fraction of sp³-hybridized carbons (Fsp3) is 1.00. The van der Waals surface area contributed by atoms with Crippen LogP contribution in [0.15, 0.2) is 0 Å². The molecular formula is C18H36P2. The molecule has 0 aliphatic carbocycles. The molecule has 2 aliphatic heterocycles. The Balaban J connectivity index is 1.91. The van der Waals surface area contributed by atoms with Crippen LogP contribution in [0.3, 0.4) is 0 Å². The second-order valence-electron chi connectivity index (χ2n) is 6.88. The lowest BCUT2D eigenvalue weighted by Gasteiger charge is -2.30. The summed E-state index contributed by atoms with van der Waals surface area (Å²) >= 11 is 0. The quantitative estimate of drug-likeness (QED) is 0.461. The van der Waals surface area contributed by atoms with Gasteiger partial charge in [-0.2, -0.15) is 0 Å². The van der Waals surface area contributed by atoms with Crippen LogP contribution in [0.4, 0.5) is 0 Å². The van der Waals surface area contributed by atoms with Crippen molar-refractivity contribution in [3.8, 4) is 0 Å². The van der Waals surface area contributed by atoms with Crippen molar-refractivity contribution in [3.63, 3.8) is 0 Å². The van der Waals surface area contributed by atoms with Gasteiger partial charge in [-0.1, -0.05) is 27.7 Å². The summed E-state index contributed by atoms with van der Waals surface area (Å²) in [4.78, 5) is 0. The van der Waals surface area contributed by atoms with Crippen LogP contribution in [0.1, 0.15) is 79.1 Å². The average molecular weight is 314 g/mol. The zero-order valence-corrected chi connectivity index (χ0v) is 16.1. The van der Waals surface area contributed by atoms with Crippen molar-refractivity contribution >= 4 is 15.8 Å². The lowest BCUT2D eigenvalue weighted by atomic mass is 10.1. The third kappa shape index (κ3) is 3.79. The average Bonchev–Trinajstić information content (AvgIpc) is 3.07. The molecule has 2 rings (SSSR count). The van der Waals surface area contributed by atoms with E-state index in [1.165, 1.54) is 25.7 Å². The molecule has 0 aromatic rings. The molecule has 0 spiro atoms. The smallest absolute Gasteiger partial charge is 0.0209 e. The van der Waals surface area contributed by atoms with E-state index >= 15 is 0 Å². The molecule has 2 saturated heterocycles. The van der Waals surface area contributed by atoms with Gasteiger partial charge in [-0.15, -0.1) is 15.8 Å². The van der Waals surface area contributed by atoms with Crippen LogP contribution in [-0.4, -0.2) is 35.0 Å². The topological polar surface area (TPSA) is 0 Å². The molecule has 2 heterocycles. The Hall–Kier alpha value is 0.860. The van der Waals surface area contributed by atoms with Gasteiger partial charge in [0.2, 0.25) is 0 Å². The minimum atomic E-state index is 0.380. The molecule has 0 radical (unpaired) electrons. The summed E-state index contributed by atoms with van der Waals surface area (Å²) in [5.41, 5.74) is 4.53. The SMILES string of the molecule is CC[C@@H]1CC[C@@H](CC)P1CCP1[C@H](CC)CC[C@H]1CC. The zero-order valence-electron chi connectivity index (χ0n) is 14.3. The van der Waals surface area contributed by atoms with E-state index in [4.69, 9.17) is 0 Å². The number of hydrogen-bond acceptors (Lipinski definition) is 0. The van der Waals surface area contributed by atoms with Crippen LogP contribution in [0.2, 0.25) is 0 Å². The number of hydrogen-bond donors (Lipinski definition) is 0. The van der Waals surface area contributed by atoms with Gasteiger partial charge in [-0.3, -0.25) is 0 Å². The maximum absolute atomic E-state index is 2.45. The van der Waals surface area contributed by atoms with Crippen molar-refractivity contribution in [3.05, 3.63) is 0 Å². The maximum Gasteiger partial charge on any atom is -0.0209 e. The molecule has 0 unspecified atom stereocenters. The van der Waals surface area contributed by atoms with Gasteiger partial charge in [0.1, 0.15) is 0 Å². The van der Waals surface area contributed by atoms with Gasteiger partial charge in [0.15, 0.2) is 0 Å². The number of rotatable bonds is 7. The molecule has 2 fully saturated rings. The van der Waals surface area contributed by atoms with Crippen LogP contribution >= 0.6 is 15.8 Å². The molecule has 0 aromatic carbocycles. The van der Waals surface area contributed by atoms with Crippen molar-refractivity contribution in [1.82, 2.24) is 0 Å². The molecule has 4 atom stereocenters. The van der Waals surface area contributed by atoms with E-state index in [1.807, 2.05) is 0 Å². The molecular weight excluding hydrogens is 278 g/mol. The zero-order chi connectivity index (χ0) is 14.5. The van der Waals surface area contributed by atoms with Crippen LogP contribution in [-0.2, 0) is 0 Å². The summed E-state index contributed by atoms with van der Waals surface area (Å²) in [6, 6.07) is 0. The molecule has 20 heavy (non-hydrogen) atoms. The molecule has 0 bridgehead atoms. The first-order valence-corrected chi connectivity index (χ1v) is 12.6. The third-order valence-electron chi connectivity index (χ3n) is 6.04. The van der Waals surface area contributed by atoms with Crippen molar-refractivity contribution in [2.45, 2.75) is 102 Å². The van der Waals surface area contributed by atoms with Crippen LogP contribution < -0.4 is 0 Å². The first-order valence-electron chi connectivity index (χ1n) is 9.26. The van der Waals surface area contributed by atoms with Gasteiger partial charge in [0.25, 0.3) is 0 Å². The predicted octanol–water partition coefficient (Wildman–Crippen LogP) is 6.65. The summed E-state index contributed by atoms with van der Waals surface area (Å²) in [6.45, 7) is 9.79. The Bertz CT molecular complexity index is 227. The van der Waals surface area contributed by atoms with E-state index in [0.29, 0.717) is 15.8 Å². The molecule has 2 heteroatoms. The van der Waals surface area contributed by atoms with Gasteiger partial charge in [0.05, 0.1) is 0 Å². The minimum Gasteiger partial charge on any atom is -0.100 e. The first kappa shape index (κ1) is 17.2. The maximum atomic E-state index is 2.45. The van der Waals surface area contributed by atoms with Crippen molar-refractivity contribution in [2.75, 3.05) is 12.3 Å². The van der Waals surface area contributed by atoms with Gasteiger partial charge in [0, 0.05) is 0 Å². The predicted molar refractivity (Wildman–Crippen MR) is 98.4 cm³/mol. The molecule has 118 valence electrons. The van der Waals surface area contributed by atoms with E-state index in [1.54, 1.807) is 38.0 Å². The molecule has 0 aromatic heterocycles. The van der Waals surface area contributed by atoms with Crippen molar-refractivity contribution in [1.29, 1.82) is 0 Å². The van der Waals surface area contributed by atoms with Crippen molar-refractivity contribution < 1.29 is 0 Å². The normalized spacial score (nSPS) is 36.0. The summed E-state index contributed by atoms with van der Waals surface area (Å²) in [5, 5.41) is 0. The van der Waals surface area contributed by atoms with Crippen LogP contribution in [0.25, 0.3) is 0 Å². The van der Waals surface area contributed by atoms with Gasteiger partial charge < -0.3 is 0 Å². The van der Waals surface area contributed by atoms with Crippen molar-refractivity contribution in [2.24, 2.45) is 0 Å². The molecule has 0 nitrogen and oxygen atoms in total. The van der Waals surface area contributed by atoms with E-state index in [0.717, 1.165) is 22.6 Å². The molecule has 0 saturated carbocycles. The second kappa shape index (κ2) is 8.48. The van der Waals surface area contributed by atoms with Gasteiger partial charge in [-0.05, 0) is 86.3 Å². The summed E-state index contributed by atoms with van der Waals surface area (Å²) < 4.78 is 0. The largest absolute Gasteiger partial charge is 0.100 e. The fourth-order valence-corrected chi connectivity index (χ4v) is 13.0. The molecule has 2 aliphatic rings.